The van der Waals surface area contributed by atoms with Crippen LogP contribution >= 0.6 is 0 Å². The first-order valence-electron chi connectivity index (χ1n) is 6.76. The van der Waals surface area contributed by atoms with Gasteiger partial charge in [-0.2, -0.15) is 0 Å². The summed E-state index contributed by atoms with van der Waals surface area (Å²) in [5.74, 6) is -0.763. The molecule has 3 heterocycles. The Hall–Kier alpha value is -3.56. The first-order valence-corrected chi connectivity index (χ1v) is 6.76. The highest BCUT2D eigenvalue weighted by Gasteiger charge is 2.13. The minimum absolute atomic E-state index is 0.144. The van der Waals surface area contributed by atoms with Gasteiger partial charge in [0.15, 0.2) is 0 Å². The summed E-state index contributed by atoms with van der Waals surface area (Å²) in [6, 6.07) is 2.51. The average molecular weight is 328 g/mol. The molecule has 0 bridgehead atoms. The second-order valence-corrected chi connectivity index (χ2v) is 4.84. The smallest absolute Gasteiger partial charge is 0.356 e. The molecule has 10 nitrogen and oxygen atoms in total. The Balaban J connectivity index is 2.18. The molecule has 3 aromatic heterocycles. The van der Waals surface area contributed by atoms with E-state index >= 15 is 0 Å². The first-order chi connectivity index (χ1) is 11.5. The monoisotopic (exact) mass is 328 g/mol. The Morgan fingerprint density at radius 2 is 2.00 bits per heavy atom. The molecule has 0 aliphatic heterocycles. The third-order valence-electron chi connectivity index (χ3n) is 3.32. The van der Waals surface area contributed by atoms with Crippen LogP contribution in [0.3, 0.4) is 0 Å². The van der Waals surface area contributed by atoms with Crippen LogP contribution in [-0.4, -0.2) is 42.8 Å². The minimum Gasteiger partial charge on any atom is -0.464 e. The quantitative estimate of drug-likeness (QED) is 0.507. The third-order valence-corrected chi connectivity index (χ3v) is 3.32. The van der Waals surface area contributed by atoms with Crippen LogP contribution in [0.25, 0.3) is 16.9 Å². The topological polar surface area (TPSA) is 125 Å². The molecule has 122 valence electrons. The Morgan fingerprint density at radius 3 is 2.67 bits per heavy atom. The van der Waals surface area contributed by atoms with Crippen molar-refractivity contribution in [2.24, 2.45) is 7.05 Å². The zero-order valence-corrected chi connectivity index (χ0v) is 12.8. The van der Waals surface area contributed by atoms with Gasteiger partial charge < -0.3 is 4.74 Å². The van der Waals surface area contributed by atoms with Crippen molar-refractivity contribution >= 4 is 5.97 Å². The summed E-state index contributed by atoms with van der Waals surface area (Å²) in [7, 11) is 2.88. The number of carbonyl (C=O) groups excluding carboxylic acids is 1. The molecule has 0 unspecified atom stereocenters. The van der Waals surface area contributed by atoms with Gasteiger partial charge in [0.2, 0.25) is 5.43 Å². The van der Waals surface area contributed by atoms with Gasteiger partial charge in [0.1, 0.15) is 5.69 Å². The lowest BCUT2D eigenvalue weighted by Crippen LogP contribution is -2.36. The predicted molar refractivity (Wildman–Crippen MR) is 81.8 cm³/mol. The Morgan fingerprint density at radius 1 is 1.21 bits per heavy atom. The van der Waals surface area contributed by atoms with E-state index in [2.05, 4.69) is 25.1 Å². The number of hydrogen-bond donors (Lipinski definition) is 1. The molecule has 1 N–H and O–H groups in total. The van der Waals surface area contributed by atoms with Crippen LogP contribution in [0.15, 0.2) is 40.3 Å². The number of carbonyl (C=O) groups is 1. The van der Waals surface area contributed by atoms with Crippen molar-refractivity contribution in [3.05, 3.63) is 57.0 Å². The number of esters is 1. The molecular weight excluding hydrogens is 316 g/mol. The molecule has 0 radical (unpaired) electrons. The highest BCUT2D eigenvalue weighted by Crippen LogP contribution is 2.18. The molecule has 0 atom stereocenters. The van der Waals surface area contributed by atoms with Gasteiger partial charge in [-0.1, -0.05) is 5.21 Å². The van der Waals surface area contributed by atoms with Gasteiger partial charge in [0.25, 0.3) is 0 Å². The van der Waals surface area contributed by atoms with Gasteiger partial charge in [-0.25, -0.2) is 14.2 Å². The summed E-state index contributed by atoms with van der Waals surface area (Å²) in [4.78, 5) is 39.6. The molecule has 0 aromatic carbocycles. The lowest BCUT2D eigenvalue weighted by Gasteiger charge is -2.09. The first kappa shape index (κ1) is 15.3. The van der Waals surface area contributed by atoms with E-state index in [-0.39, 0.29) is 11.4 Å². The fourth-order valence-electron chi connectivity index (χ4n) is 2.14. The Labute approximate surface area is 134 Å². The number of pyridine rings is 1. The second-order valence-electron chi connectivity index (χ2n) is 4.84. The lowest BCUT2D eigenvalue weighted by atomic mass is 10.2. The SMILES string of the molecule is COC(=O)c1cc(=O)c(=O)n(-c2cncc(-c3cnnn3C)c2)[nH]1. The van der Waals surface area contributed by atoms with E-state index in [1.807, 2.05) is 0 Å². The molecule has 0 amide bonds. The third kappa shape index (κ3) is 2.60. The van der Waals surface area contributed by atoms with E-state index in [0.29, 0.717) is 11.3 Å². The number of ether oxygens (including phenoxy) is 1. The molecule has 0 saturated carbocycles. The molecule has 24 heavy (non-hydrogen) atoms. The number of methoxy groups -OCH3 is 1. The maximum absolute atomic E-state index is 12.1. The number of aromatic amines is 1. The fourth-order valence-corrected chi connectivity index (χ4v) is 2.14. The molecule has 0 aliphatic rings. The summed E-state index contributed by atoms with van der Waals surface area (Å²) in [5, 5.41) is 10.2. The maximum Gasteiger partial charge on any atom is 0.356 e. The number of rotatable bonds is 3. The largest absolute Gasteiger partial charge is 0.464 e. The van der Waals surface area contributed by atoms with Gasteiger partial charge in [0.05, 0.1) is 30.9 Å². The van der Waals surface area contributed by atoms with E-state index in [0.717, 1.165) is 10.7 Å². The van der Waals surface area contributed by atoms with Crippen molar-refractivity contribution in [2.75, 3.05) is 7.11 Å². The van der Waals surface area contributed by atoms with Crippen molar-refractivity contribution in [1.82, 2.24) is 29.8 Å². The highest BCUT2D eigenvalue weighted by atomic mass is 16.5. The van der Waals surface area contributed by atoms with Crippen molar-refractivity contribution in [3.8, 4) is 16.9 Å². The molecule has 0 spiro atoms. The van der Waals surface area contributed by atoms with Gasteiger partial charge in [-0.3, -0.25) is 19.7 Å². The standard InChI is InChI=1S/C14H12N6O4/c1-19-11(7-16-18-19)8-3-9(6-15-5-8)20-13(22)12(21)4-10(17-20)14(23)24-2/h3-7,17H,1-2H3. The van der Waals surface area contributed by atoms with Crippen LogP contribution in [0.5, 0.6) is 0 Å². The Bertz CT molecular complexity index is 1030. The van der Waals surface area contributed by atoms with Crippen LogP contribution < -0.4 is 11.0 Å². The number of aromatic nitrogens is 6. The molecule has 3 rings (SSSR count). The van der Waals surface area contributed by atoms with Crippen LogP contribution in [0, 0.1) is 0 Å². The number of nitrogens with zero attached hydrogens (tertiary/aromatic N) is 5. The summed E-state index contributed by atoms with van der Waals surface area (Å²) in [5.41, 5.74) is -0.247. The van der Waals surface area contributed by atoms with Crippen LogP contribution in [0.4, 0.5) is 0 Å². The van der Waals surface area contributed by atoms with Crippen molar-refractivity contribution in [3.63, 3.8) is 0 Å². The van der Waals surface area contributed by atoms with Crippen LogP contribution in [0.2, 0.25) is 0 Å². The van der Waals surface area contributed by atoms with Gasteiger partial charge in [0, 0.05) is 24.9 Å². The van der Waals surface area contributed by atoms with E-state index in [1.54, 1.807) is 19.3 Å². The molecule has 3 aromatic rings. The number of H-pyrrole nitrogens is 1. The number of aryl methyl sites for hydroxylation is 1. The van der Waals surface area contributed by atoms with E-state index in [1.165, 1.54) is 24.2 Å². The summed E-state index contributed by atoms with van der Waals surface area (Å²) in [6.45, 7) is 0. The number of nitrogens with one attached hydrogen (secondary N) is 1. The summed E-state index contributed by atoms with van der Waals surface area (Å²) in [6.07, 6.45) is 4.48. The maximum atomic E-state index is 12.1. The van der Waals surface area contributed by atoms with Crippen molar-refractivity contribution in [1.29, 1.82) is 0 Å². The molecule has 0 aliphatic carbocycles. The molecule has 0 saturated heterocycles. The van der Waals surface area contributed by atoms with E-state index < -0.39 is 17.0 Å². The normalized spacial score (nSPS) is 10.6. The molecule has 10 heteroatoms. The fraction of sp³-hybridized carbons (Fsp3) is 0.143. The van der Waals surface area contributed by atoms with E-state index in [4.69, 9.17) is 0 Å². The Kier molecular flexibility index (Phi) is 3.78. The van der Waals surface area contributed by atoms with Crippen LogP contribution in [0.1, 0.15) is 10.5 Å². The van der Waals surface area contributed by atoms with Gasteiger partial charge >= 0.3 is 11.5 Å². The molecular formula is C14H12N6O4. The minimum atomic E-state index is -0.846. The van der Waals surface area contributed by atoms with E-state index in [9.17, 15) is 14.4 Å². The van der Waals surface area contributed by atoms with Crippen LogP contribution in [-0.2, 0) is 11.8 Å². The zero-order chi connectivity index (χ0) is 17.3. The zero-order valence-electron chi connectivity index (χ0n) is 12.8. The highest BCUT2D eigenvalue weighted by molar-refractivity contribution is 5.86. The summed E-state index contributed by atoms with van der Waals surface area (Å²) >= 11 is 0. The van der Waals surface area contributed by atoms with Crippen molar-refractivity contribution in [2.45, 2.75) is 0 Å². The lowest BCUT2D eigenvalue weighted by molar-refractivity contribution is 0.0591. The summed E-state index contributed by atoms with van der Waals surface area (Å²) < 4.78 is 7.04. The second kappa shape index (κ2) is 5.91. The average Bonchev–Trinajstić information content (AvgIpc) is 3.02. The predicted octanol–water partition coefficient (Wildman–Crippen LogP) is -0.497. The van der Waals surface area contributed by atoms with Gasteiger partial charge in [-0.15, -0.1) is 5.10 Å². The number of hydrogen-bond acceptors (Lipinski definition) is 7. The van der Waals surface area contributed by atoms with Crippen molar-refractivity contribution < 1.29 is 9.53 Å². The van der Waals surface area contributed by atoms with Gasteiger partial charge in [-0.05, 0) is 6.07 Å². The molecule has 0 fully saturated rings.